The number of hydrogen-bond acceptors (Lipinski definition) is 3. The van der Waals surface area contributed by atoms with Crippen molar-refractivity contribution in [3.63, 3.8) is 0 Å². The van der Waals surface area contributed by atoms with Crippen LogP contribution in [0.15, 0.2) is 47.2 Å². The van der Waals surface area contributed by atoms with Crippen molar-refractivity contribution in [3.05, 3.63) is 57.8 Å². The summed E-state index contributed by atoms with van der Waals surface area (Å²) in [6, 6.07) is 8.04. The molecule has 0 aliphatic carbocycles. The summed E-state index contributed by atoms with van der Waals surface area (Å²) >= 11 is 8.65. The molecule has 1 N–H and O–H groups in total. The van der Waals surface area contributed by atoms with Crippen LogP contribution in [0.4, 0.5) is 4.39 Å². The van der Waals surface area contributed by atoms with E-state index in [1.54, 1.807) is 23.0 Å². The Hall–Kier alpha value is -1.86. The van der Waals surface area contributed by atoms with Gasteiger partial charge in [-0.15, -0.1) is 0 Å². The van der Waals surface area contributed by atoms with E-state index in [-0.39, 0.29) is 5.82 Å². The molecule has 0 fully saturated rings. The van der Waals surface area contributed by atoms with Gasteiger partial charge in [0.15, 0.2) is 10.6 Å². The van der Waals surface area contributed by atoms with Crippen molar-refractivity contribution in [1.29, 1.82) is 0 Å². The summed E-state index contributed by atoms with van der Waals surface area (Å²) in [5.74, 6) is 0.260. The number of pyridine rings is 1. The second-order valence-electron chi connectivity index (χ2n) is 4.02. The lowest BCUT2D eigenvalue weighted by atomic mass is 10.2. The highest BCUT2D eigenvalue weighted by atomic mass is 79.9. The van der Waals surface area contributed by atoms with E-state index in [1.165, 1.54) is 12.1 Å². The van der Waals surface area contributed by atoms with Crippen molar-refractivity contribution in [3.8, 4) is 17.1 Å². The van der Waals surface area contributed by atoms with Gasteiger partial charge < -0.3 is 0 Å². The van der Waals surface area contributed by atoms with Gasteiger partial charge in [-0.1, -0.05) is 0 Å². The Labute approximate surface area is 127 Å². The highest BCUT2D eigenvalue weighted by Gasteiger charge is 2.13. The van der Waals surface area contributed by atoms with Crippen molar-refractivity contribution < 1.29 is 4.39 Å². The first-order chi connectivity index (χ1) is 9.66. The molecule has 3 rings (SSSR count). The van der Waals surface area contributed by atoms with Gasteiger partial charge in [-0.25, -0.2) is 4.39 Å². The zero-order valence-electron chi connectivity index (χ0n) is 10.0. The molecule has 100 valence electrons. The summed E-state index contributed by atoms with van der Waals surface area (Å²) in [5.41, 5.74) is 1.43. The van der Waals surface area contributed by atoms with Gasteiger partial charge in [-0.2, -0.15) is 5.10 Å². The first-order valence-corrected chi connectivity index (χ1v) is 6.90. The summed E-state index contributed by atoms with van der Waals surface area (Å²) < 4.78 is 16.3. The zero-order chi connectivity index (χ0) is 14.1. The molecule has 0 aliphatic heterocycles. The summed E-state index contributed by atoms with van der Waals surface area (Å²) in [5, 5.41) is 6.94. The van der Waals surface area contributed by atoms with E-state index >= 15 is 0 Å². The zero-order valence-corrected chi connectivity index (χ0v) is 12.4. The van der Waals surface area contributed by atoms with Crippen molar-refractivity contribution in [2.45, 2.75) is 0 Å². The summed E-state index contributed by atoms with van der Waals surface area (Å²) in [4.78, 5) is 3.97. The number of halogens is 2. The Balaban J connectivity index is 2.27. The van der Waals surface area contributed by atoms with Crippen molar-refractivity contribution in [2.75, 3.05) is 0 Å². The van der Waals surface area contributed by atoms with Crippen LogP contribution >= 0.6 is 28.1 Å². The Morgan fingerprint density at radius 3 is 2.70 bits per heavy atom. The molecule has 0 spiro atoms. The molecule has 2 heterocycles. The maximum atomic E-state index is 13.5. The highest BCUT2D eigenvalue weighted by Crippen LogP contribution is 2.27. The highest BCUT2D eigenvalue weighted by molar-refractivity contribution is 9.10. The lowest BCUT2D eigenvalue weighted by molar-refractivity contribution is 0.626. The predicted molar refractivity (Wildman–Crippen MR) is 79.6 cm³/mol. The first-order valence-electron chi connectivity index (χ1n) is 5.70. The van der Waals surface area contributed by atoms with Crippen molar-refractivity contribution in [1.82, 2.24) is 19.7 Å². The van der Waals surface area contributed by atoms with E-state index in [2.05, 4.69) is 31.1 Å². The number of rotatable bonds is 2. The molecule has 0 saturated carbocycles. The van der Waals surface area contributed by atoms with Crippen LogP contribution in [0.5, 0.6) is 0 Å². The van der Waals surface area contributed by atoms with Gasteiger partial charge >= 0.3 is 0 Å². The van der Waals surface area contributed by atoms with Gasteiger partial charge in [-0.05, 0) is 58.5 Å². The molecule has 0 radical (unpaired) electrons. The van der Waals surface area contributed by atoms with E-state index in [9.17, 15) is 4.39 Å². The fourth-order valence-electron chi connectivity index (χ4n) is 1.87. The molecule has 20 heavy (non-hydrogen) atoms. The van der Waals surface area contributed by atoms with Crippen LogP contribution in [0.3, 0.4) is 0 Å². The molecule has 0 atom stereocenters. The van der Waals surface area contributed by atoms with Gasteiger partial charge in [0.2, 0.25) is 0 Å². The normalized spacial score (nSPS) is 10.7. The molecule has 1 aromatic carbocycles. The van der Waals surface area contributed by atoms with E-state index in [0.29, 0.717) is 16.3 Å². The van der Waals surface area contributed by atoms with Gasteiger partial charge in [0.05, 0.1) is 5.69 Å². The fourth-order valence-corrected chi connectivity index (χ4v) is 2.53. The Morgan fingerprint density at radius 1 is 1.20 bits per heavy atom. The van der Waals surface area contributed by atoms with Crippen LogP contribution in [0.1, 0.15) is 0 Å². The molecule has 4 nitrogen and oxygen atoms in total. The predicted octanol–water partition coefficient (Wildman–Crippen LogP) is 3.89. The second kappa shape index (κ2) is 5.26. The summed E-state index contributed by atoms with van der Waals surface area (Å²) in [6.45, 7) is 0. The molecule has 7 heteroatoms. The van der Waals surface area contributed by atoms with E-state index < -0.39 is 0 Å². The number of hydrogen-bond donors (Lipinski definition) is 1. The maximum absolute atomic E-state index is 13.5. The van der Waals surface area contributed by atoms with Crippen LogP contribution in [0, 0.1) is 10.6 Å². The molecule has 0 unspecified atom stereocenters. The van der Waals surface area contributed by atoms with E-state index in [0.717, 1.165) is 10.0 Å². The smallest absolute Gasteiger partial charge is 0.200 e. The van der Waals surface area contributed by atoms with Gasteiger partial charge in [0.1, 0.15) is 5.82 Å². The molecular formula is C13H8BrFN4S. The third kappa shape index (κ3) is 2.30. The van der Waals surface area contributed by atoms with Crippen molar-refractivity contribution in [2.24, 2.45) is 0 Å². The molecule has 0 bridgehead atoms. The Bertz CT molecular complexity index is 813. The second-order valence-corrected chi connectivity index (χ2v) is 5.26. The molecule has 2 aromatic heterocycles. The molecular weight excluding hydrogens is 343 g/mol. The number of nitrogens with one attached hydrogen (secondary N) is 1. The van der Waals surface area contributed by atoms with Crippen LogP contribution in [-0.2, 0) is 0 Å². The number of aromatic amines is 1. The number of nitrogens with zero attached hydrogens (tertiary/aromatic N) is 3. The molecule has 0 saturated heterocycles. The minimum Gasteiger partial charge on any atom is -0.267 e. The van der Waals surface area contributed by atoms with E-state index in [1.807, 2.05) is 12.1 Å². The molecule has 0 amide bonds. The van der Waals surface area contributed by atoms with Crippen LogP contribution < -0.4 is 0 Å². The minimum absolute atomic E-state index is 0.341. The Kier molecular flexibility index (Phi) is 3.45. The Morgan fingerprint density at radius 2 is 1.95 bits per heavy atom. The lowest BCUT2D eigenvalue weighted by Gasteiger charge is -2.09. The number of aromatic nitrogens is 4. The largest absolute Gasteiger partial charge is 0.267 e. The quantitative estimate of drug-likeness (QED) is 0.713. The maximum Gasteiger partial charge on any atom is 0.200 e. The van der Waals surface area contributed by atoms with Crippen molar-refractivity contribution >= 4 is 28.1 Å². The minimum atomic E-state index is -0.341. The van der Waals surface area contributed by atoms with Gasteiger partial charge in [-0.3, -0.25) is 14.6 Å². The van der Waals surface area contributed by atoms with Gasteiger partial charge in [0.25, 0.3) is 0 Å². The third-order valence-electron chi connectivity index (χ3n) is 2.76. The van der Waals surface area contributed by atoms with Crippen LogP contribution in [-0.4, -0.2) is 19.7 Å². The van der Waals surface area contributed by atoms with Crippen LogP contribution in [0.25, 0.3) is 17.1 Å². The van der Waals surface area contributed by atoms with Crippen LogP contribution in [0.2, 0.25) is 0 Å². The number of benzene rings is 1. The SMILES string of the molecule is Fc1ccc(Br)c(-n2c(-c3ccncc3)n[nH]c2=S)c1. The lowest BCUT2D eigenvalue weighted by Crippen LogP contribution is -1.99. The average Bonchev–Trinajstić information content (AvgIpc) is 2.84. The first kappa shape index (κ1) is 13.1. The monoisotopic (exact) mass is 350 g/mol. The number of H-pyrrole nitrogens is 1. The van der Waals surface area contributed by atoms with Gasteiger partial charge in [0, 0.05) is 22.4 Å². The van der Waals surface area contributed by atoms with E-state index in [4.69, 9.17) is 12.2 Å². The molecule has 3 aromatic rings. The fraction of sp³-hybridized carbons (Fsp3) is 0. The average molecular weight is 351 g/mol. The summed E-state index contributed by atoms with van der Waals surface area (Å²) in [7, 11) is 0. The standard InChI is InChI=1S/C13H8BrFN4S/c14-10-2-1-9(15)7-11(10)19-12(17-18-13(19)20)8-3-5-16-6-4-8/h1-7H,(H,18,20). The topological polar surface area (TPSA) is 46.5 Å². The summed E-state index contributed by atoms with van der Waals surface area (Å²) in [6.07, 6.45) is 3.33. The molecule has 0 aliphatic rings. The third-order valence-corrected chi connectivity index (χ3v) is 3.70.